The first-order valence-corrected chi connectivity index (χ1v) is 9.68. The first-order valence-electron chi connectivity index (χ1n) is 9.68. The molecule has 30 heavy (non-hydrogen) atoms. The van der Waals surface area contributed by atoms with Gasteiger partial charge in [0.25, 0.3) is 5.91 Å². The first kappa shape index (κ1) is 19.3. The van der Waals surface area contributed by atoms with Crippen LogP contribution in [0.1, 0.15) is 5.56 Å². The van der Waals surface area contributed by atoms with Gasteiger partial charge in [-0.05, 0) is 53.1 Å². The predicted octanol–water partition coefficient (Wildman–Crippen LogP) is 4.51. The highest BCUT2D eigenvalue weighted by atomic mass is 16.5. The number of carbonyl (C=O) groups excluding carboxylic acids is 1. The van der Waals surface area contributed by atoms with Crippen molar-refractivity contribution in [2.45, 2.75) is 6.54 Å². The minimum absolute atomic E-state index is 0.0347. The van der Waals surface area contributed by atoms with Crippen LogP contribution in [-0.4, -0.2) is 22.5 Å². The van der Waals surface area contributed by atoms with Crippen molar-refractivity contribution in [3.8, 4) is 28.1 Å². The van der Waals surface area contributed by atoms with E-state index in [0.717, 1.165) is 27.9 Å². The molecule has 0 fully saturated rings. The van der Waals surface area contributed by atoms with Crippen LogP contribution in [0.4, 0.5) is 0 Å². The second-order valence-electron chi connectivity index (χ2n) is 6.74. The van der Waals surface area contributed by atoms with Gasteiger partial charge in [0, 0.05) is 30.7 Å². The van der Waals surface area contributed by atoms with Crippen LogP contribution >= 0.6 is 0 Å². The number of rotatable bonds is 7. The van der Waals surface area contributed by atoms with Crippen LogP contribution in [0.25, 0.3) is 22.4 Å². The van der Waals surface area contributed by atoms with Gasteiger partial charge in [-0.3, -0.25) is 14.8 Å². The number of nitrogens with zero attached hydrogens (tertiary/aromatic N) is 2. The number of hydrogen-bond donors (Lipinski definition) is 1. The number of carbonyl (C=O) groups is 1. The third-order valence-electron chi connectivity index (χ3n) is 4.62. The zero-order valence-corrected chi connectivity index (χ0v) is 16.4. The lowest BCUT2D eigenvalue weighted by Crippen LogP contribution is -2.28. The van der Waals surface area contributed by atoms with Crippen molar-refractivity contribution in [2.75, 3.05) is 6.61 Å². The van der Waals surface area contributed by atoms with E-state index in [1.54, 1.807) is 18.6 Å². The third kappa shape index (κ3) is 5.08. The molecular formula is C25H21N3O2. The fraction of sp³-hybridized carbons (Fsp3) is 0.0800. The molecule has 2 aromatic heterocycles. The Kier molecular flexibility index (Phi) is 6.11. The molecule has 5 heteroatoms. The molecule has 0 bridgehead atoms. The van der Waals surface area contributed by atoms with Gasteiger partial charge >= 0.3 is 0 Å². The van der Waals surface area contributed by atoms with Crippen molar-refractivity contribution in [2.24, 2.45) is 0 Å². The summed E-state index contributed by atoms with van der Waals surface area (Å²) in [6.07, 6.45) is 5.20. The van der Waals surface area contributed by atoms with Gasteiger partial charge in [0.1, 0.15) is 5.75 Å². The number of ether oxygens (including phenoxy) is 1. The van der Waals surface area contributed by atoms with Crippen LogP contribution in [-0.2, 0) is 11.3 Å². The third-order valence-corrected chi connectivity index (χ3v) is 4.62. The molecule has 0 spiro atoms. The molecule has 0 saturated heterocycles. The SMILES string of the molecule is O=C(COc1ccc(-c2ccccc2)cc1)NCc1ccnc(-c2ccncc2)c1. The van der Waals surface area contributed by atoms with Gasteiger partial charge in [0.15, 0.2) is 6.61 Å². The van der Waals surface area contributed by atoms with Gasteiger partial charge in [0.2, 0.25) is 0 Å². The molecule has 0 saturated carbocycles. The van der Waals surface area contributed by atoms with Crippen molar-refractivity contribution in [1.29, 1.82) is 0 Å². The normalized spacial score (nSPS) is 10.4. The Morgan fingerprint density at radius 3 is 2.30 bits per heavy atom. The topological polar surface area (TPSA) is 64.1 Å². The molecule has 1 amide bonds. The summed E-state index contributed by atoms with van der Waals surface area (Å²) in [5, 5.41) is 2.88. The summed E-state index contributed by atoms with van der Waals surface area (Å²) in [6.45, 7) is 0.378. The standard InChI is InChI=1S/C25H21N3O2/c29-25(18-30-23-8-6-21(7-9-23)20-4-2-1-3-5-20)28-17-19-10-15-27-24(16-19)22-11-13-26-14-12-22/h1-16H,17-18H2,(H,28,29). The van der Waals surface area contributed by atoms with Crippen molar-refractivity contribution in [3.63, 3.8) is 0 Å². The number of hydrogen-bond acceptors (Lipinski definition) is 4. The van der Waals surface area contributed by atoms with Crippen LogP contribution in [0, 0.1) is 0 Å². The Labute approximate surface area is 175 Å². The lowest BCUT2D eigenvalue weighted by atomic mass is 10.1. The van der Waals surface area contributed by atoms with E-state index >= 15 is 0 Å². The predicted molar refractivity (Wildman–Crippen MR) is 117 cm³/mol. The minimum Gasteiger partial charge on any atom is -0.484 e. The average Bonchev–Trinajstić information content (AvgIpc) is 2.83. The van der Waals surface area contributed by atoms with Crippen LogP contribution in [0.15, 0.2) is 97.5 Å². The zero-order valence-electron chi connectivity index (χ0n) is 16.4. The van der Waals surface area contributed by atoms with Crippen molar-refractivity contribution in [1.82, 2.24) is 15.3 Å². The summed E-state index contributed by atoms with van der Waals surface area (Å²) in [7, 11) is 0. The van der Waals surface area contributed by atoms with Crippen molar-refractivity contribution < 1.29 is 9.53 Å². The van der Waals surface area contributed by atoms with Crippen LogP contribution in [0.5, 0.6) is 5.75 Å². The van der Waals surface area contributed by atoms with E-state index in [-0.39, 0.29) is 12.5 Å². The monoisotopic (exact) mass is 395 g/mol. The van der Waals surface area contributed by atoms with E-state index in [9.17, 15) is 4.79 Å². The molecule has 4 aromatic rings. The number of pyridine rings is 2. The largest absolute Gasteiger partial charge is 0.484 e. The minimum atomic E-state index is -0.176. The number of benzene rings is 2. The maximum Gasteiger partial charge on any atom is 0.258 e. The summed E-state index contributed by atoms with van der Waals surface area (Å²) in [4.78, 5) is 20.6. The highest BCUT2D eigenvalue weighted by Crippen LogP contribution is 2.22. The Bertz CT molecular complexity index is 1100. The average molecular weight is 395 g/mol. The quantitative estimate of drug-likeness (QED) is 0.500. The molecular weight excluding hydrogens is 374 g/mol. The molecule has 0 radical (unpaired) electrons. The summed E-state index contributed by atoms with van der Waals surface area (Å²) >= 11 is 0. The lowest BCUT2D eigenvalue weighted by molar-refractivity contribution is -0.123. The van der Waals surface area contributed by atoms with Crippen molar-refractivity contribution in [3.05, 3.63) is 103 Å². The van der Waals surface area contributed by atoms with Gasteiger partial charge in [-0.1, -0.05) is 42.5 Å². The Hall–Kier alpha value is -3.99. The van der Waals surface area contributed by atoms with Crippen LogP contribution < -0.4 is 10.1 Å². The maximum atomic E-state index is 12.2. The van der Waals surface area contributed by atoms with Gasteiger partial charge in [0.05, 0.1) is 5.69 Å². The van der Waals surface area contributed by atoms with E-state index in [0.29, 0.717) is 12.3 Å². The molecule has 0 atom stereocenters. The smallest absolute Gasteiger partial charge is 0.258 e. The Balaban J connectivity index is 1.28. The molecule has 4 rings (SSSR count). The molecule has 2 aromatic carbocycles. The fourth-order valence-corrected chi connectivity index (χ4v) is 3.04. The number of amides is 1. The maximum absolute atomic E-state index is 12.2. The zero-order chi connectivity index (χ0) is 20.6. The van der Waals surface area contributed by atoms with Gasteiger partial charge < -0.3 is 10.1 Å². The van der Waals surface area contributed by atoms with Crippen LogP contribution in [0.3, 0.4) is 0 Å². The molecule has 2 heterocycles. The Morgan fingerprint density at radius 2 is 1.53 bits per heavy atom. The summed E-state index contributed by atoms with van der Waals surface area (Å²) < 4.78 is 5.61. The number of aromatic nitrogens is 2. The molecule has 1 N–H and O–H groups in total. The second kappa shape index (κ2) is 9.47. The van der Waals surface area contributed by atoms with E-state index in [1.165, 1.54) is 0 Å². The summed E-state index contributed by atoms with van der Waals surface area (Å²) in [5.74, 6) is 0.484. The second-order valence-corrected chi connectivity index (χ2v) is 6.74. The molecule has 148 valence electrons. The summed E-state index contributed by atoms with van der Waals surface area (Å²) in [6, 6.07) is 25.5. The summed E-state index contributed by atoms with van der Waals surface area (Å²) in [5.41, 5.74) is 5.05. The lowest BCUT2D eigenvalue weighted by Gasteiger charge is -2.09. The van der Waals surface area contributed by atoms with Gasteiger partial charge in [-0.25, -0.2) is 0 Å². The van der Waals surface area contributed by atoms with Crippen LogP contribution in [0.2, 0.25) is 0 Å². The molecule has 0 unspecified atom stereocenters. The van der Waals surface area contributed by atoms with Gasteiger partial charge in [-0.15, -0.1) is 0 Å². The molecule has 0 aliphatic rings. The van der Waals surface area contributed by atoms with Gasteiger partial charge in [-0.2, -0.15) is 0 Å². The van der Waals surface area contributed by atoms with E-state index in [4.69, 9.17) is 4.74 Å². The highest BCUT2D eigenvalue weighted by molar-refractivity contribution is 5.77. The molecule has 5 nitrogen and oxygen atoms in total. The number of nitrogens with one attached hydrogen (secondary N) is 1. The Morgan fingerprint density at radius 1 is 0.800 bits per heavy atom. The van der Waals surface area contributed by atoms with E-state index < -0.39 is 0 Å². The highest BCUT2D eigenvalue weighted by Gasteiger charge is 2.05. The first-order chi connectivity index (χ1) is 14.8. The van der Waals surface area contributed by atoms with E-state index in [1.807, 2.05) is 66.7 Å². The van der Waals surface area contributed by atoms with E-state index in [2.05, 4.69) is 27.4 Å². The van der Waals surface area contributed by atoms with Crippen molar-refractivity contribution >= 4 is 5.91 Å². The molecule has 0 aliphatic heterocycles. The molecule has 0 aliphatic carbocycles. The fourth-order valence-electron chi connectivity index (χ4n) is 3.04.